The Kier molecular flexibility index (Phi) is 4.94. The summed E-state index contributed by atoms with van der Waals surface area (Å²) in [7, 11) is 0. The van der Waals surface area contributed by atoms with Gasteiger partial charge in [-0.15, -0.1) is 0 Å². The second-order valence-corrected chi connectivity index (χ2v) is 6.66. The molecule has 1 heterocycles. The van der Waals surface area contributed by atoms with Crippen molar-refractivity contribution in [2.45, 2.75) is 20.0 Å². The van der Waals surface area contributed by atoms with Crippen LogP contribution in [0.3, 0.4) is 0 Å². The fourth-order valence-electron chi connectivity index (χ4n) is 2.44. The Morgan fingerprint density at radius 3 is 2.46 bits per heavy atom. The van der Waals surface area contributed by atoms with E-state index in [2.05, 4.69) is 0 Å². The third-order valence-corrected chi connectivity index (χ3v) is 4.32. The third-order valence-electron chi connectivity index (χ3n) is 3.83. The molecule has 26 heavy (non-hydrogen) atoms. The van der Waals surface area contributed by atoms with E-state index in [1.165, 1.54) is 19.1 Å². The SMILES string of the molecule is Cc1ccc(-c2oc3c(Cl)cc(Cl)cc3c(=O)c2O[C@H](C)C(=O)O)cc1. The number of fused-ring (bicyclic) bond motifs is 1. The fraction of sp³-hybridized carbons (Fsp3) is 0.158. The second kappa shape index (κ2) is 7.02. The van der Waals surface area contributed by atoms with E-state index in [4.69, 9.17) is 37.5 Å². The van der Waals surface area contributed by atoms with Crippen LogP contribution < -0.4 is 10.2 Å². The van der Waals surface area contributed by atoms with Crippen molar-refractivity contribution in [3.05, 3.63) is 62.2 Å². The van der Waals surface area contributed by atoms with Gasteiger partial charge in [0.25, 0.3) is 0 Å². The molecule has 0 spiro atoms. The number of halogens is 2. The molecule has 1 aromatic heterocycles. The van der Waals surface area contributed by atoms with Gasteiger partial charge in [0.15, 0.2) is 17.4 Å². The maximum atomic E-state index is 13.0. The number of aliphatic carboxylic acids is 1. The van der Waals surface area contributed by atoms with Crippen LogP contribution >= 0.6 is 23.2 Å². The summed E-state index contributed by atoms with van der Waals surface area (Å²) in [5.41, 5.74) is 1.20. The van der Waals surface area contributed by atoms with Crippen LogP contribution in [0.5, 0.6) is 5.75 Å². The minimum Gasteiger partial charge on any atom is -0.479 e. The van der Waals surface area contributed by atoms with Crippen LogP contribution in [0.2, 0.25) is 10.0 Å². The van der Waals surface area contributed by atoms with E-state index < -0.39 is 17.5 Å². The molecule has 2 aromatic carbocycles. The van der Waals surface area contributed by atoms with E-state index in [9.17, 15) is 9.59 Å². The predicted molar refractivity (Wildman–Crippen MR) is 100 cm³/mol. The average Bonchev–Trinajstić information content (AvgIpc) is 2.58. The summed E-state index contributed by atoms with van der Waals surface area (Å²) in [6.07, 6.45) is -1.24. The van der Waals surface area contributed by atoms with Crippen molar-refractivity contribution < 1.29 is 19.1 Å². The molecule has 3 rings (SSSR count). The maximum absolute atomic E-state index is 13.0. The van der Waals surface area contributed by atoms with Crippen molar-refractivity contribution in [3.63, 3.8) is 0 Å². The van der Waals surface area contributed by atoms with E-state index in [1.807, 2.05) is 19.1 Å². The van der Waals surface area contributed by atoms with Crippen molar-refractivity contribution in [2.24, 2.45) is 0 Å². The van der Waals surface area contributed by atoms with E-state index in [-0.39, 0.29) is 32.5 Å². The number of aryl methyl sites for hydroxylation is 1. The first-order valence-electron chi connectivity index (χ1n) is 7.70. The molecule has 0 aliphatic carbocycles. The molecule has 0 saturated carbocycles. The largest absolute Gasteiger partial charge is 0.479 e. The molecular formula is C19H14Cl2O5. The topological polar surface area (TPSA) is 76.7 Å². The molecule has 0 radical (unpaired) electrons. The number of hydrogen-bond donors (Lipinski definition) is 1. The van der Waals surface area contributed by atoms with Crippen LogP contribution in [0.1, 0.15) is 12.5 Å². The molecule has 1 N–H and O–H groups in total. The Bertz CT molecular complexity index is 1050. The zero-order valence-electron chi connectivity index (χ0n) is 13.9. The summed E-state index contributed by atoms with van der Waals surface area (Å²) in [6.45, 7) is 3.25. The van der Waals surface area contributed by atoms with Crippen LogP contribution in [0.4, 0.5) is 0 Å². The molecule has 0 fully saturated rings. The Morgan fingerprint density at radius 2 is 1.85 bits per heavy atom. The lowest BCUT2D eigenvalue weighted by Crippen LogP contribution is -2.26. The molecule has 0 aliphatic rings. The monoisotopic (exact) mass is 392 g/mol. The summed E-state index contributed by atoms with van der Waals surface area (Å²) in [4.78, 5) is 24.1. The first kappa shape index (κ1) is 18.3. The normalized spacial score (nSPS) is 12.2. The minimum absolute atomic E-state index is 0.111. The van der Waals surface area contributed by atoms with Crippen LogP contribution in [-0.4, -0.2) is 17.2 Å². The maximum Gasteiger partial charge on any atom is 0.344 e. The van der Waals surface area contributed by atoms with Gasteiger partial charge in [-0.2, -0.15) is 0 Å². The summed E-state index contributed by atoms with van der Waals surface area (Å²) in [6, 6.07) is 10.1. The number of benzene rings is 2. The highest BCUT2D eigenvalue weighted by molar-refractivity contribution is 6.38. The summed E-state index contributed by atoms with van der Waals surface area (Å²) < 4.78 is 11.3. The van der Waals surface area contributed by atoms with Crippen LogP contribution in [-0.2, 0) is 4.79 Å². The molecule has 7 heteroatoms. The minimum atomic E-state index is -1.24. The summed E-state index contributed by atoms with van der Waals surface area (Å²) >= 11 is 12.2. The van der Waals surface area contributed by atoms with Gasteiger partial charge in [0.2, 0.25) is 11.2 Å². The summed E-state index contributed by atoms with van der Waals surface area (Å²) in [5, 5.41) is 9.69. The Balaban J connectivity index is 2.34. The molecule has 3 aromatic rings. The molecule has 1 atom stereocenters. The van der Waals surface area contributed by atoms with Crippen molar-refractivity contribution in [2.75, 3.05) is 0 Å². The molecule has 0 aliphatic heterocycles. The average molecular weight is 393 g/mol. The smallest absolute Gasteiger partial charge is 0.344 e. The Hall–Kier alpha value is -2.50. The summed E-state index contributed by atoms with van der Waals surface area (Å²) in [5.74, 6) is -1.29. The molecular weight excluding hydrogens is 379 g/mol. The number of carboxylic acid groups (broad SMARTS) is 1. The zero-order chi connectivity index (χ0) is 19.0. The highest BCUT2D eigenvalue weighted by atomic mass is 35.5. The highest BCUT2D eigenvalue weighted by Crippen LogP contribution is 2.35. The lowest BCUT2D eigenvalue weighted by Gasteiger charge is -2.15. The number of carbonyl (C=O) groups is 1. The van der Waals surface area contributed by atoms with Gasteiger partial charge < -0.3 is 14.3 Å². The molecule has 134 valence electrons. The van der Waals surface area contributed by atoms with Gasteiger partial charge in [0, 0.05) is 10.6 Å². The van der Waals surface area contributed by atoms with E-state index in [0.717, 1.165) is 5.56 Å². The van der Waals surface area contributed by atoms with Gasteiger partial charge >= 0.3 is 5.97 Å². The predicted octanol–water partition coefficient (Wildman–Crippen LogP) is 4.93. The molecule has 0 saturated heterocycles. The quantitative estimate of drug-likeness (QED) is 0.681. The Labute approximate surface area is 158 Å². The zero-order valence-corrected chi connectivity index (χ0v) is 15.4. The number of ether oxygens (including phenoxy) is 1. The van der Waals surface area contributed by atoms with Crippen molar-refractivity contribution >= 4 is 40.1 Å². The lowest BCUT2D eigenvalue weighted by molar-refractivity contribution is -0.144. The van der Waals surface area contributed by atoms with Gasteiger partial charge in [-0.1, -0.05) is 53.0 Å². The van der Waals surface area contributed by atoms with E-state index >= 15 is 0 Å². The molecule has 0 unspecified atom stereocenters. The van der Waals surface area contributed by atoms with E-state index in [0.29, 0.717) is 5.56 Å². The Morgan fingerprint density at radius 1 is 1.19 bits per heavy atom. The standard InChI is InChI=1S/C19H14Cl2O5/c1-9-3-5-11(6-4-9)16-18(25-10(2)19(23)24)15(22)13-7-12(20)8-14(21)17(13)26-16/h3-8,10H,1-2H3,(H,23,24)/t10-/m1/s1. The van der Waals surface area contributed by atoms with Crippen LogP contribution in [0.15, 0.2) is 45.6 Å². The fourth-order valence-corrected chi connectivity index (χ4v) is 2.97. The first-order chi connectivity index (χ1) is 12.3. The first-order valence-corrected chi connectivity index (χ1v) is 8.46. The number of hydrogen-bond acceptors (Lipinski definition) is 4. The van der Waals surface area contributed by atoms with Gasteiger partial charge in [-0.25, -0.2) is 4.79 Å². The molecule has 0 bridgehead atoms. The molecule has 5 nitrogen and oxygen atoms in total. The van der Waals surface area contributed by atoms with Crippen molar-refractivity contribution in [3.8, 4) is 17.1 Å². The van der Waals surface area contributed by atoms with Gasteiger partial charge in [0.1, 0.15) is 0 Å². The van der Waals surface area contributed by atoms with Crippen molar-refractivity contribution in [1.82, 2.24) is 0 Å². The van der Waals surface area contributed by atoms with Crippen molar-refractivity contribution in [1.29, 1.82) is 0 Å². The number of rotatable bonds is 4. The lowest BCUT2D eigenvalue weighted by atomic mass is 10.1. The van der Waals surface area contributed by atoms with Crippen LogP contribution in [0, 0.1) is 6.92 Å². The van der Waals surface area contributed by atoms with Gasteiger partial charge in [-0.3, -0.25) is 4.79 Å². The molecule has 0 amide bonds. The highest BCUT2D eigenvalue weighted by Gasteiger charge is 2.23. The van der Waals surface area contributed by atoms with Gasteiger partial charge in [0.05, 0.1) is 10.4 Å². The van der Waals surface area contributed by atoms with E-state index in [1.54, 1.807) is 12.1 Å². The van der Waals surface area contributed by atoms with Gasteiger partial charge in [-0.05, 0) is 26.0 Å². The third kappa shape index (κ3) is 3.41. The van der Waals surface area contributed by atoms with Crippen LogP contribution in [0.25, 0.3) is 22.3 Å². The number of carboxylic acids is 1. The second-order valence-electron chi connectivity index (χ2n) is 5.82.